The lowest BCUT2D eigenvalue weighted by molar-refractivity contribution is -0.646. The summed E-state index contributed by atoms with van der Waals surface area (Å²) in [4.78, 5) is 0. The maximum Gasteiger partial charge on any atom is 0.246 e. The lowest BCUT2D eigenvalue weighted by atomic mass is 10.3. The smallest absolute Gasteiger partial charge is 0.246 e. The number of benzene rings is 1. The molecule has 2 aromatic rings. The van der Waals surface area contributed by atoms with Crippen LogP contribution in [0.15, 0.2) is 30.6 Å². The summed E-state index contributed by atoms with van der Waals surface area (Å²) in [6.07, 6.45) is 3.31. The molecule has 1 N–H and O–H groups in total. The summed E-state index contributed by atoms with van der Waals surface area (Å²) in [6.45, 7) is 2.08. The van der Waals surface area contributed by atoms with E-state index >= 15 is 0 Å². The second kappa shape index (κ2) is 5.32. The summed E-state index contributed by atoms with van der Waals surface area (Å²) in [5.41, 5.74) is 2.23. The third kappa shape index (κ3) is 2.20. The molecule has 3 nitrogen and oxygen atoms in total. The average Bonchev–Trinajstić information content (AvgIpc) is 2.58. The van der Waals surface area contributed by atoms with Crippen LogP contribution in [0.5, 0.6) is 0 Å². The lowest BCUT2D eigenvalue weighted by Gasteiger charge is -2.04. The quantitative estimate of drug-likeness (QED) is 0.669. The molecule has 2 rings (SSSR count). The highest BCUT2D eigenvalue weighted by Crippen LogP contribution is 2.17. The molecular weight excluding hydrogens is 224 g/mol. The molecule has 0 aliphatic heterocycles. The molecule has 1 atom stereocenters. The zero-order valence-corrected chi connectivity index (χ0v) is 10.4. The maximum absolute atomic E-state index is 9.98. The van der Waals surface area contributed by atoms with Crippen molar-refractivity contribution >= 4 is 11.0 Å². The van der Waals surface area contributed by atoms with Crippen molar-refractivity contribution < 1.29 is 22.1 Å². The number of nitrogens with zero attached hydrogens (tertiary/aromatic N) is 2. The second-order valence-electron chi connectivity index (χ2n) is 3.89. The molecule has 1 aromatic carbocycles. The van der Waals surface area contributed by atoms with Gasteiger partial charge in [-0.15, -0.1) is 0 Å². The van der Waals surface area contributed by atoms with Gasteiger partial charge in [0.05, 0.1) is 7.05 Å². The van der Waals surface area contributed by atoms with Gasteiger partial charge in [0.2, 0.25) is 6.33 Å². The predicted octanol–water partition coefficient (Wildman–Crippen LogP) is -1.24. The van der Waals surface area contributed by atoms with Crippen LogP contribution in [0.4, 0.5) is 0 Å². The normalized spacial score (nSPS) is 12.4. The highest BCUT2D eigenvalue weighted by molar-refractivity contribution is 5.71. The van der Waals surface area contributed by atoms with Crippen molar-refractivity contribution in [3.8, 4) is 0 Å². The predicted molar refractivity (Wildman–Crippen MR) is 59.3 cm³/mol. The van der Waals surface area contributed by atoms with Crippen LogP contribution in [-0.2, 0) is 7.05 Å². The minimum Gasteiger partial charge on any atom is -1.00 e. The molecule has 88 valence electrons. The first-order valence-corrected chi connectivity index (χ1v) is 5.37. The summed E-state index contributed by atoms with van der Waals surface area (Å²) < 4.78 is 3.97. The number of aromatic nitrogens is 2. The van der Waals surface area contributed by atoms with Crippen molar-refractivity contribution in [2.24, 2.45) is 7.05 Å². The van der Waals surface area contributed by atoms with Gasteiger partial charge >= 0.3 is 0 Å². The number of aryl methyl sites for hydroxylation is 1. The fourth-order valence-electron chi connectivity index (χ4n) is 1.93. The van der Waals surface area contributed by atoms with Crippen LogP contribution in [0.25, 0.3) is 11.0 Å². The maximum atomic E-state index is 9.98. The van der Waals surface area contributed by atoms with Crippen LogP contribution >= 0.6 is 0 Å². The van der Waals surface area contributed by atoms with E-state index in [1.54, 1.807) is 0 Å². The highest BCUT2D eigenvalue weighted by atomic mass is 35.5. The van der Waals surface area contributed by atoms with Gasteiger partial charge in [0.25, 0.3) is 0 Å². The molecule has 1 aromatic heterocycles. The van der Waals surface area contributed by atoms with Crippen LogP contribution < -0.4 is 17.0 Å². The van der Waals surface area contributed by atoms with E-state index in [1.165, 1.54) is 0 Å². The summed E-state index contributed by atoms with van der Waals surface area (Å²) in [7, 11) is 2.00. The van der Waals surface area contributed by atoms with E-state index in [4.69, 9.17) is 0 Å². The van der Waals surface area contributed by atoms with Gasteiger partial charge in [-0.1, -0.05) is 19.1 Å². The first kappa shape index (κ1) is 13.0. The van der Waals surface area contributed by atoms with Crippen LogP contribution in [-0.4, -0.2) is 9.67 Å². The molecule has 0 bridgehead atoms. The Morgan fingerprint density at radius 1 is 1.38 bits per heavy atom. The zero-order valence-electron chi connectivity index (χ0n) is 9.60. The fourth-order valence-corrected chi connectivity index (χ4v) is 1.93. The van der Waals surface area contributed by atoms with E-state index < -0.39 is 6.23 Å². The molecule has 1 unspecified atom stereocenters. The van der Waals surface area contributed by atoms with Crippen molar-refractivity contribution in [3.05, 3.63) is 30.6 Å². The molecule has 4 heteroatoms. The van der Waals surface area contributed by atoms with E-state index in [2.05, 4.69) is 13.0 Å². The summed E-state index contributed by atoms with van der Waals surface area (Å²) in [5.74, 6) is 0. The number of rotatable bonds is 3. The summed E-state index contributed by atoms with van der Waals surface area (Å²) in [6, 6.07) is 8.11. The number of fused-ring (bicyclic) bond motifs is 1. The molecule has 16 heavy (non-hydrogen) atoms. The second-order valence-corrected chi connectivity index (χ2v) is 3.89. The number of aliphatic hydroxyl groups is 1. The summed E-state index contributed by atoms with van der Waals surface area (Å²) in [5, 5.41) is 9.98. The average molecular weight is 241 g/mol. The van der Waals surface area contributed by atoms with Crippen molar-refractivity contribution in [2.45, 2.75) is 26.0 Å². The van der Waals surface area contributed by atoms with Crippen molar-refractivity contribution in [2.75, 3.05) is 0 Å². The Bertz CT molecular complexity index is 467. The largest absolute Gasteiger partial charge is 1.00 e. The Morgan fingerprint density at radius 2 is 2.06 bits per heavy atom. The van der Waals surface area contributed by atoms with Gasteiger partial charge in [-0.2, -0.15) is 0 Å². The molecule has 0 aliphatic carbocycles. The Balaban J connectivity index is 0.00000128. The molecule has 0 saturated carbocycles. The van der Waals surface area contributed by atoms with Crippen LogP contribution in [0, 0.1) is 0 Å². The van der Waals surface area contributed by atoms with Crippen LogP contribution in [0.2, 0.25) is 0 Å². The van der Waals surface area contributed by atoms with Gasteiger partial charge in [0.15, 0.2) is 17.3 Å². The number of hydrogen-bond donors (Lipinski definition) is 1. The van der Waals surface area contributed by atoms with Crippen molar-refractivity contribution in [1.29, 1.82) is 0 Å². The van der Waals surface area contributed by atoms with Gasteiger partial charge in [0.1, 0.15) is 0 Å². The van der Waals surface area contributed by atoms with Gasteiger partial charge in [0, 0.05) is 6.42 Å². The molecule has 0 aliphatic rings. The number of aliphatic hydroxyl groups excluding tert-OH is 1. The number of imidazole rings is 1. The number of hydrogen-bond acceptors (Lipinski definition) is 1. The molecule has 0 fully saturated rings. The molecule has 0 radical (unpaired) electrons. The van der Waals surface area contributed by atoms with Gasteiger partial charge in [-0.05, 0) is 18.6 Å². The summed E-state index contributed by atoms with van der Waals surface area (Å²) >= 11 is 0. The highest BCUT2D eigenvalue weighted by Gasteiger charge is 2.18. The monoisotopic (exact) mass is 240 g/mol. The van der Waals surface area contributed by atoms with Gasteiger partial charge in [-0.3, -0.25) is 0 Å². The minimum atomic E-state index is -0.416. The van der Waals surface area contributed by atoms with Gasteiger partial charge < -0.3 is 17.5 Å². The number of para-hydroxylation sites is 2. The van der Waals surface area contributed by atoms with E-state index in [-0.39, 0.29) is 12.4 Å². The standard InChI is InChI=1S/C12H17N2O.ClH/c1-3-6-12(15)14-9-13(2)10-7-4-5-8-11(10)14;/h4-5,7-9,12,15H,3,6H2,1-2H3;1H/q+1;/p-1. The van der Waals surface area contributed by atoms with E-state index in [1.807, 2.05) is 40.7 Å². The Morgan fingerprint density at radius 3 is 2.75 bits per heavy atom. The minimum absolute atomic E-state index is 0. The van der Waals surface area contributed by atoms with Crippen LogP contribution in [0.3, 0.4) is 0 Å². The van der Waals surface area contributed by atoms with Crippen LogP contribution in [0.1, 0.15) is 26.0 Å². The van der Waals surface area contributed by atoms with E-state index in [0.717, 1.165) is 23.9 Å². The SMILES string of the molecule is CCCC(O)n1c[n+](C)c2ccccc21.[Cl-]. The van der Waals surface area contributed by atoms with E-state index in [0.29, 0.717) is 0 Å². The Kier molecular flexibility index (Phi) is 4.33. The topological polar surface area (TPSA) is 29.0 Å². The molecule has 0 spiro atoms. The molecule has 1 heterocycles. The van der Waals surface area contributed by atoms with Crippen molar-refractivity contribution in [1.82, 2.24) is 4.57 Å². The third-order valence-corrected chi connectivity index (χ3v) is 2.71. The van der Waals surface area contributed by atoms with Gasteiger partial charge in [-0.25, -0.2) is 9.13 Å². The fraction of sp³-hybridized carbons (Fsp3) is 0.417. The molecular formula is C12H17ClN2O. The Labute approximate surface area is 102 Å². The van der Waals surface area contributed by atoms with E-state index in [9.17, 15) is 5.11 Å². The van der Waals surface area contributed by atoms with Crippen molar-refractivity contribution in [3.63, 3.8) is 0 Å². The zero-order chi connectivity index (χ0) is 10.8. The first-order valence-electron chi connectivity index (χ1n) is 5.37. The lowest BCUT2D eigenvalue weighted by Crippen LogP contribution is -3.00. The molecule has 0 amide bonds. The molecule has 0 saturated heterocycles. The first-order chi connectivity index (χ1) is 7.24. The third-order valence-electron chi connectivity index (χ3n) is 2.71. The number of halogens is 1. The Hall–Kier alpha value is -1.06.